The molecule has 6 heteroatoms. The molecule has 0 bridgehead atoms. The number of halogens is 2. The van der Waals surface area contributed by atoms with Crippen molar-refractivity contribution in [1.82, 2.24) is 4.90 Å². The second kappa shape index (κ2) is 7.04. The minimum Gasteiger partial charge on any atom is -0.409 e. The molecule has 1 aromatic carbocycles. The first-order valence-electron chi connectivity index (χ1n) is 6.11. The molecule has 1 rings (SSSR count). The van der Waals surface area contributed by atoms with Crippen molar-refractivity contribution in [3.63, 3.8) is 0 Å². The molecule has 19 heavy (non-hydrogen) atoms. The third kappa shape index (κ3) is 4.48. The molecule has 0 aliphatic carbocycles. The van der Waals surface area contributed by atoms with E-state index in [-0.39, 0.29) is 18.3 Å². The quantitative estimate of drug-likeness (QED) is 0.361. The predicted molar refractivity (Wildman–Crippen MR) is 69.9 cm³/mol. The van der Waals surface area contributed by atoms with Crippen LogP contribution in [-0.2, 0) is 6.54 Å². The third-order valence-corrected chi connectivity index (χ3v) is 3.00. The largest absolute Gasteiger partial charge is 0.409 e. The van der Waals surface area contributed by atoms with Gasteiger partial charge in [0, 0.05) is 24.6 Å². The number of hydrogen-bond acceptors (Lipinski definition) is 3. The van der Waals surface area contributed by atoms with E-state index in [1.54, 1.807) is 6.92 Å². The lowest BCUT2D eigenvalue weighted by atomic mass is 10.1. The first-order valence-corrected chi connectivity index (χ1v) is 6.11. The van der Waals surface area contributed by atoms with Crippen molar-refractivity contribution in [3.05, 3.63) is 35.4 Å². The van der Waals surface area contributed by atoms with E-state index in [1.165, 1.54) is 6.07 Å². The van der Waals surface area contributed by atoms with E-state index in [0.717, 1.165) is 12.1 Å². The summed E-state index contributed by atoms with van der Waals surface area (Å²) in [7, 11) is 0. The molecule has 0 aliphatic rings. The van der Waals surface area contributed by atoms with Gasteiger partial charge < -0.3 is 10.9 Å². The molecule has 0 aliphatic heterocycles. The molecule has 0 saturated heterocycles. The van der Waals surface area contributed by atoms with E-state index in [0.29, 0.717) is 18.7 Å². The average Bonchev–Trinajstić information content (AvgIpc) is 2.40. The number of nitrogens with zero attached hydrogens (tertiary/aromatic N) is 2. The smallest absolute Gasteiger partial charge is 0.143 e. The van der Waals surface area contributed by atoms with Crippen molar-refractivity contribution in [2.75, 3.05) is 13.1 Å². The van der Waals surface area contributed by atoms with Gasteiger partial charge in [-0.3, -0.25) is 4.90 Å². The number of hydrogen-bond donors (Lipinski definition) is 2. The van der Waals surface area contributed by atoms with Gasteiger partial charge in [-0.2, -0.15) is 0 Å². The molecular formula is C13H19F2N3O. The Morgan fingerprint density at radius 1 is 1.47 bits per heavy atom. The molecule has 0 fully saturated rings. The number of rotatable bonds is 6. The van der Waals surface area contributed by atoms with E-state index in [1.807, 2.05) is 11.8 Å². The predicted octanol–water partition coefficient (Wildman–Crippen LogP) is 2.17. The number of benzene rings is 1. The normalized spacial score (nSPS) is 13.8. The van der Waals surface area contributed by atoms with Gasteiger partial charge in [0.1, 0.15) is 17.5 Å². The number of nitrogens with two attached hydrogens (primary N) is 1. The molecule has 3 N–H and O–H groups in total. The highest BCUT2D eigenvalue weighted by Gasteiger charge is 2.15. The minimum atomic E-state index is -0.461. The second-order valence-corrected chi connectivity index (χ2v) is 4.49. The van der Waals surface area contributed by atoms with Crippen LogP contribution in [0.4, 0.5) is 8.78 Å². The minimum absolute atomic E-state index is 0.123. The first kappa shape index (κ1) is 15.4. The molecule has 0 heterocycles. The van der Waals surface area contributed by atoms with Gasteiger partial charge in [0.05, 0.1) is 0 Å². The molecule has 1 aromatic rings. The Labute approximate surface area is 111 Å². The lowest BCUT2D eigenvalue weighted by Crippen LogP contribution is -2.34. The van der Waals surface area contributed by atoms with Gasteiger partial charge in [-0.25, -0.2) is 8.78 Å². The fourth-order valence-corrected chi connectivity index (χ4v) is 1.79. The maximum absolute atomic E-state index is 13.5. The summed E-state index contributed by atoms with van der Waals surface area (Å²) < 4.78 is 26.6. The van der Waals surface area contributed by atoms with Crippen LogP contribution in [0, 0.1) is 17.6 Å². The van der Waals surface area contributed by atoms with Crippen LogP contribution < -0.4 is 5.73 Å². The van der Waals surface area contributed by atoms with Crippen molar-refractivity contribution >= 4 is 5.84 Å². The zero-order valence-electron chi connectivity index (χ0n) is 11.1. The van der Waals surface area contributed by atoms with Crippen LogP contribution in [0.5, 0.6) is 0 Å². The summed E-state index contributed by atoms with van der Waals surface area (Å²) in [4.78, 5) is 1.90. The van der Waals surface area contributed by atoms with E-state index in [9.17, 15) is 8.78 Å². The highest BCUT2D eigenvalue weighted by Crippen LogP contribution is 2.13. The fraction of sp³-hybridized carbons (Fsp3) is 0.462. The van der Waals surface area contributed by atoms with Gasteiger partial charge in [-0.05, 0) is 24.7 Å². The Morgan fingerprint density at radius 3 is 2.74 bits per heavy atom. The Hall–Kier alpha value is -1.69. The van der Waals surface area contributed by atoms with Crippen LogP contribution in [-0.4, -0.2) is 29.0 Å². The summed E-state index contributed by atoms with van der Waals surface area (Å²) in [6.45, 7) is 5.15. The number of amidine groups is 1. The lowest BCUT2D eigenvalue weighted by Gasteiger charge is -2.24. The Balaban J connectivity index is 2.74. The van der Waals surface area contributed by atoms with Gasteiger partial charge in [0.2, 0.25) is 0 Å². The van der Waals surface area contributed by atoms with Gasteiger partial charge >= 0.3 is 0 Å². The summed E-state index contributed by atoms with van der Waals surface area (Å²) in [6.07, 6.45) is 0. The molecule has 0 spiro atoms. The van der Waals surface area contributed by atoms with E-state index in [2.05, 4.69) is 5.16 Å². The van der Waals surface area contributed by atoms with Crippen LogP contribution in [0.15, 0.2) is 23.4 Å². The third-order valence-electron chi connectivity index (χ3n) is 3.00. The van der Waals surface area contributed by atoms with E-state index in [4.69, 9.17) is 10.9 Å². The molecule has 1 atom stereocenters. The second-order valence-electron chi connectivity index (χ2n) is 4.49. The summed E-state index contributed by atoms with van der Waals surface area (Å²) in [5, 5.41) is 11.5. The molecule has 0 saturated carbocycles. The molecule has 0 radical (unpaired) electrons. The van der Waals surface area contributed by atoms with Crippen molar-refractivity contribution in [3.8, 4) is 0 Å². The fourth-order valence-electron chi connectivity index (χ4n) is 1.79. The Kier molecular flexibility index (Phi) is 5.69. The van der Waals surface area contributed by atoms with Crippen molar-refractivity contribution < 1.29 is 14.0 Å². The molecule has 106 valence electrons. The first-order chi connectivity index (χ1) is 8.97. The topological polar surface area (TPSA) is 61.8 Å². The van der Waals surface area contributed by atoms with Gasteiger partial charge in [-0.1, -0.05) is 19.0 Å². The lowest BCUT2D eigenvalue weighted by molar-refractivity contribution is 0.254. The Bertz CT molecular complexity index is 452. The number of oxime groups is 1. The summed E-state index contributed by atoms with van der Waals surface area (Å²) in [6, 6.07) is 3.39. The zero-order chi connectivity index (χ0) is 14.4. The van der Waals surface area contributed by atoms with Crippen LogP contribution in [0.25, 0.3) is 0 Å². The molecule has 0 aromatic heterocycles. The summed E-state index contributed by atoms with van der Waals surface area (Å²) in [5.74, 6) is -0.937. The standard InChI is InChI=1S/C13H19F2N3O/c1-3-18(7-9(2)13(16)17-19)8-10-6-11(14)4-5-12(10)15/h4-6,9,19H,3,7-8H2,1-2H3,(H2,16,17). The maximum atomic E-state index is 13.5. The summed E-state index contributed by atoms with van der Waals surface area (Å²) in [5.41, 5.74) is 5.81. The van der Waals surface area contributed by atoms with E-state index >= 15 is 0 Å². The molecule has 0 amide bonds. The SMILES string of the molecule is CCN(Cc1cc(F)ccc1F)CC(C)C(N)=NO. The molecular weight excluding hydrogens is 252 g/mol. The van der Waals surface area contributed by atoms with Crippen molar-refractivity contribution in [1.29, 1.82) is 0 Å². The van der Waals surface area contributed by atoms with Crippen LogP contribution in [0.1, 0.15) is 19.4 Å². The van der Waals surface area contributed by atoms with Crippen LogP contribution >= 0.6 is 0 Å². The summed E-state index contributed by atoms with van der Waals surface area (Å²) >= 11 is 0. The highest BCUT2D eigenvalue weighted by atomic mass is 19.1. The average molecular weight is 271 g/mol. The van der Waals surface area contributed by atoms with Gasteiger partial charge in [0.25, 0.3) is 0 Å². The van der Waals surface area contributed by atoms with Crippen molar-refractivity contribution in [2.45, 2.75) is 20.4 Å². The van der Waals surface area contributed by atoms with Crippen molar-refractivity contribution in [2.24, 2.45) is 16.8 Å². The molecule has 1 unspecified atom stereocenters. The highest BCUT2D eigenvalue weighted by molar-refractivity contribution is 5.82. The van der Waals surface area contributed by atoms with Crippen LogP contribution in [0.2, 0.25) is 0 Å². The Morgan fingerprint density at radius 2 is 2.16 bits per heavy atom. The zero-order valence-corrected chi connectivity index (χ0v) is 11.1. The van der Waals surface area contributed by atoms with Gasteiger partial charge in [0.15, 0.2) is 0 Å². The molecule has 4 nitrogen and oxygen atoms in total. The van der Waals surface area contributed by atoms with E-state index < -0.39 is 11.6 Å². The monoisotopic (exact) mass is 271 g/mol. The maximum Gasteiger partial charge on any atom is 0.143 e. The van der Waals surface area contributed by atoms with Crippen LogP contribution in [0.3, 0.4) is 0 Å². The van der Waals surface area contributed by atoms with Gasteiger partial charge in [-0.15, -0.1) is 0 Å².